The zero-order chi connectivity index (χ0) is 5.86. The Balaban J connectivity index is 3.34. The van der Waals surface area contributed by atoms with Crippen LogP contribution in [0.15, 0.2) is 0 Å². The molecule has 0 aromatic heterocycles. The van der Waals surface area contributed by atoms with Crippen molar-refractivity contribution < 1.29 is 4.79 Å². The van der Waals surface area contributed by atoms with Crippen molar-refractivity contribution in [1.82, 2.24) is 0 Å². The van der Waals surface area contributed by atoms with E-state index in [0.717, 1.165) is 0 Å². The average molecular weight is 166 g/mol. The molecule has 0 aliphatic heterocycles. The van der Waals surface area contributed by atoms with Crippen LogP contribution in [-0.4, -0.2) is 27.8 Å². The molecule has 2 nitrogen and oxygen atoms in total. The van der Waals surface area contributed by atoms with Crippen molar-refractivity contribution in [1.29, 1.82) is 0 Å². The Kier molecular flexibility index (Phi) is 3.26. The number of hydrogen-bond acceptors (Lipinski definition) is 2. The summed E-state index contributed by atoms with van der Waals surface area (Å²) in [7, 11) is 0. The Hall–Kier alpha value is 0.149. The molecule has 0 unspecified atom stereocenters. The van der Waals surface area contributed by atoms with Gasteiger partial charge in [0.1, 0.15) is 0 Å². The van der Waals surface area contributed by atoms with Crippen molar-refractivity contribution in [2.45, 2.75) is 18.3 Å². The van der Waals surface area contributed by atoms with Gasteiger partial charge in [0.25, 0.3) is 0 Å². The predicted octanol–water partition coefficient (Wildman–Crippen LogP) is -0.778. The number of nitrogens with two attached hydrogens (primary N) is 1. The van der Waals surface area contributed by atoms with E-state index < -0.39 is 0 Å². The van der Waals surface area contributed by atoms with Crippen molar-refractivity contribution >= 4 is 21.8 Å². The Bertz CT molecular complexity index is 74.1. The fraction of sp³-hybridized carbons (Fsp3) is 0.750. The number of carbonyl (C=O) groups excluding carboxylic acids is 1. The number of ketones is 1. The summed E-state index contributed by atoms with van der Waals surface area (Å²) in [4.78, 5) is 10.2. The van der Waals surface area contributed by atoms with Crippen LogP contribution in [0.1, 0.15) is 6.92 Å². The normalized spacial score (nSPS) is 13.6. The van der Waals surface area contributed by atoms with Crippen LogP contribution in [0.25, 0.3) is 0 Å². The van der Waals surface area contributed by atoms with Crippen LogP contribution in [-0.2, 0) is 4.79 Å². The molecule has 0 bridgehead atoms. The summed E-state index contributed by atoms with van der Waals surface area (Å²) in [6.07, 6.45) is 0. The fourth-order valence-corrected chi connectivity index (χ4v) is 0.668. The Labute approximate surface area is 51.3 Å². The van der Waals surface area contributed by atoms with Gasteiger partial charge in [0.15, 0.2) is 0 Å². The number of hydrogen-bond donors (Lipinski definition) is 1. The molecular formula is C4H9NOSe. The first kappa shape index (κ1) is 7.15. The van der Waals surface area contributed by atoms with Crippen LogP contribution in [0.4, 0.5) is 0 Å². The van der Waals surface area contributed by atoms with Gasteiger partial charge in [-0.3, -0.25) is 0 Å². The van der Waals surface area contributed by atoms with E-state index in [1.54, 1.807) is 0 Å². The van der Waals surface area contributed by atoms with Gasteiger partial charge in [-0.05, 0) is 0 Å². The number of Topliss-reactive ketones (excluding diaryl/α,β-unsaturated/α-hetero) is 1. The van der Waals surface area contributed by atoms with Crippen LogP contribution in [0.2, 0.25) is 5.32 Å². The molecule has 0 aliphatic rings. The Morgan fingerprint density at radius 2 is 2.43 bits per heavy atom. The summed E-state index contributed by atoms with van der Waals surface area (Å²) >= 11 is 2.29. The quantitative estimate of drug-likeness (QED) is 0.547. The molecule has 0 amide bonds. The standard InChI is InChI=1S/C4H9NOSe/c1-3(6)4(5)2-7/h4,7H,2,5H2,1H3/t4-/m1/s1. The zero-order valence-corrected chi connectivity index (χ0v) is 6.09. The summed E-state index contributed by atoms with van der Waals surface area (Å²) in [5, 5.41) is 0.683. The van der Waals surface area contributed by atoms with Gasteiger partial charge in [-0.15, -0.1) is 0 Å². The molecule has 0 aliphatic carbocycles. The van der Waals surface area contributed by atoms with Crippen molar-refractivity contribution in [3.05, 3.63) is 0 Å². The summed E-state index contributed by atoms with van der Waals surface area (Å²) in [6.45, 7) is 1.50. The number of rotatable bonds is 2. The van der Waals surface area contributed by atoms with Gasteiger partial charge in [-0.2, -0.15) is 0 Å². The van der Waals surface area contributed by atoms with Crippen LogP contribution in [0.3, 0.4) is 0 Å². The van der Waals surface area contributed by atoms with Crippen LogP contribution < -0.4 is 5.73 Å². The van der Waals surface area contributed by atoms with E-state index in [4.69, 9.17) is 5.73 Å². The van der Waals surface area contributed by atoms with Crippen LogP contribution in [0, 0.1) is 0 Å². The van der Waals surface area contributed by atoms with Crippen molar-refractivity contribution in [2.75, 3.05) is 0 Å². The van der Waals surface area contributed by atoms with E-state index >= 15 is 0 Å². The molecule has 7 heavy (non-hydrogen) atoms. The first-order valence-corrected chi connectivity index (χ1v) is 3.38. The number of carbonyl (C=O) groups is 1. The second-order valence-corrected chi connectivity index (χ2v) is 2.17. The van der Waals surface area contributed by atoms with Crippen molar-refractivity contribution in [3.8, 4) is 0 Å². The Morgan fingerprint density at radius 1 is 2.00 bits per heavy atom. The molecular weight excluding hydrogens is 157 g/mol. The third-order valence-electron chi connectivity index (χ3n) is 0.719. The zero-order valence-electron chi connectivity index (χ0n) is 4.22. The second-order valence-electron chi connectivity index (χ2n) is 1.40. The van der Waals surface area contributed by atoms with Gasteiger partial charge >= 0.3 is 50.6 Å². The summed E-state index contributed by atoms with van der Waals surface area (Å²) in [5.74, 6) is 0.0561. The monoisotopic (exact) mass is 167 g/mol. The SMILES string of the molecule is CC(=O)[C@H](N)C[SeH]. The molecule has 0 saturated heterocycles. The third kappa shape index (κ3) is 2.80. The summed E-state index contributed by atoms with van der Waals surface area (Å²) < 4.78 is 0. The van der Waals surface area contributed by atoms with Gasteiger partial charge in [0.05, 0.1) is 0 Å². The van der Waals surface area contributed by atoms with Crippen LogP contribution >= 0.6 is 0 Å². The topological polar surface area (TPSA) is 43.1 Å². The van der Waals surface area contributed by atoms with Gasteiger partial charge in [-0.25, -0.2) is 0 Å². The molecule has 1 atom stereocenters. The van der Waals surface area contributed by atoms with Crippen molar-refractivity contribution in [3.63, 3.8) is 0 Å². The molecule has 0 radical (unpaired) electrons. The van der Waals surface area contributed by atoms with E-state index in [9.17, 15) is 4.79 Å². The minimum atomic E-state index is -0.264. The summed E-state index contributed by atoms with van der Waals surface area (Å²) in [6, 6.07) is -0.264. The average Bonchev–Trinajstić information content (AvgIpc) is 1.65. The maximum atomic E-state index is 10.2. The van der Waals surface area contributed by atoms with E-state index in [1.807, 2.05) is 0 Å². The molecule has 0 aromatic carbocycles. The van der Waals surface area contributed by atoms with E-state index in [0.29, 0.717) is 5.32 Å². The Morgan fingerprint density at radius 3 is 2.43 bits per heavy atom. The fourth-order valence-electron chi connectivity index (χ4n) is 0.129. The van der Waals surface area contributed by atoms with E-state index in [2.05, 4.69) is 16.0 Å². The first-order chi connectivity index (χ1) is 3.18. The molecule has 42 valence electrons. The third-order valence-corrected chi connectivity index (χ3v) is 1.54. The minimum absolute atomic E-state index is 0.0561. The molecule has 0 heterocycles. The van der Waals surface area contributed by atoms with Gasteiger partial charge < -0.3 is 0 Å². The molecule has 0 rings (SSSR count). The van der Waals surface area contributed by atoms with Crippen LogP contribution in [0.5, 0.6) is 0 Å². The molecule has 2 N–H and O–H groups in total. The maximum absolute atomic E-state index is 10.2. The second kappa shape index (κ2) is 3.19. The van der Waals surface area contributed by atoms with Gasteiger partial charge in [0, 0.05) is 0 Å². The molecule has 0 spiro atoms. The van der Waals surface area contributed by atoms with Gasteiger partial charge in [-0.1, -0.05) is 0 Å². The molecule has 0 fully saturated rings. The van der Waals surface area contributed by atoms with Crippen molar-refractivity contribution in [2.24, 2.45) is 5.73 Å². The van der Waals surface area contributed by atoms with E-state index in [1.165, 1.54) is 6.92 Å². The predicted molar refractivity (Wildman–Crippen MR) is 30.6 cm³/mol. The molecule has 0 saturated carbocycles. The summed E-state index contributed by atoms with van der Waals surface area (Å²) in [5.41, 5.74) is 5.25. The molecule has 3 heteroatoms. The van der Waals surface area contributed by atoms with E-state index in [-0.39, 0.29) is 11.8 Å². The molecule has 0 aromatic rings. The first-order valence-electron chi connectivity index (χ1n) is 2.05. The van der Waals surface area contributed by atoms with Gasteiger partial charge in [0.2, 0.25) is 0 Å².